The summed E-state index contributed by atoms with van der Waals surface area (Å²) >= 11 is 0. The summed E-state index contributed by atoms with van der Waals surface area (Å²) in [5.41, 5.74) is -0.754. The summed E-state index contributed by atoms with van der Waals surface area (Å²) in [7, 11) is 4.81. The lowest BCUT2D eigenvalue weighted by atomic mass is 9.82. The molecule has 1 aromatic rings. The highest BCUT2D eigenvalue weighted by Gasteiger charge is 2.37. The molecule has 2 unspecified atom stereocenters. The monoisotopic (exact) mass is 322 g/mol. The molecule has 1 aliphatic rings. The summed E-state index contributed by atoms with van der Waals surface area (Å²) in [4.78, 5) is 10.5. The normalized spacial score (nSPS) is 23.1. The number of methoxy groups -OCH3 is 2. The molecule has 0 radical (unpaired) electrons. The number of aldehydes is 1. The maximum absolute atomic E-state index is 13.5. The third kappa shape index (κ3) is 5.43. The van der Waals surface area contributed by atoms with E-state index in [1.807, 2.05) is 0 Å². The van der Waals surface area contributed by atoms with Crippen LogP contribution in [-0.4, -0.2) is 44.4 Å². The van der Waals surface area contributed by atoms with Crippen molar-refractivity contribution in [3.8, 4) is 11.8 Å². The molecule has 0 aromatic heterocycles. The third-order valence-electron chi connectivity index (χ3n) is 3.64. The Morgan fingerprint density at radius 1 is 1.35 bits per heavy atom. The first-order valence-electron chi connectivity index (χ1n) is 7.44. The Bertz CT molecular complexity index is 576. The van der Waals surface area contributed by atoms with Gasteiger partial charge in [0.2, 0.25) is 0 Å². The van der Waals surface area contributed by atoms with E-state index in [1.54, 1.807) is 27.4 Å². The molecule has 1 aromatic carbocycles. The average Bonchev–Trinajstić information content (AvgIpc) is 2.54. The fourth-order valence-electron chi connectivity index (χ4n) is 2.46. The molecule has 23 heavy (non-hydrogen) atoms. The van der Waals surface area contributed by atoms with Crippen LogP contribution in [0.5, 0.6) is 0 Å². The Labute approximate surface area is 136 Å². The fraction of sp³-hybridized carbons (Fsp3) is 0.500. The van der Waals surface area contributed by atoms with Crippen molar-refractivity contribution >= 4 is 6.29 Å². The van der Waals surface area contributed by atoms with Crippen molar-refractivity contribution in [3.63, 3.8) is 0 Å². The summed E-state index contributed by atoms with van der Waals surface area (Å²) in [6, 6.07) is 4.14. The number of halogens is 1. The number of hydrogen-bond acceptors (Lipinski definition) is 4. The summed E-state index contributed by atoms with van der Waals surface area (Å²) in [6.45, 7) is 0. The van der Waals surface area contributed by atoms with E-state index in [4.69, 9.17) is 4.74 Å². The van der Waals surface area contributed by atoms with Crippen LogP contribution in [0, 0.1) is 17.7 Å². The second-order valence-electron chi connectivity index (χ2n) is 5.41. The molecule has 1 aliphatic carbocycles. The van der Waals surface area contributed by atoms with E-state index in [9.17, 15) is 14.3 Å². The van der Waals surface area contributed by atoms with Gasteiger partial charge in [-0.2, -0.15) is 0 Å². The number of aliphatic hydroxyl groups is 1. The number of benzene rings is 1. The maximum atomic E-state index is 13.5. The summed E-state index contributed by atoms with van der Waals surface area (Å²) in [6.07, 6.45) is 3.35. The van der Waals surface area contributed by atoms with E-state index in [-0.39, 0.29) is 11.7 Å². The standard InChI is InChI=1S/C16H17FO3.C2H6O/c1-20-15-4-2-3-8-16(15,19)9-7-12-5-6-13(11-18)14(17)10-12;1-3-2/h5-6,10-11,15,19H,2-4,8H2,1H3;1-2H3. The average molecular weight is 322 g/mol. The topological polar surface area (TPSA) is 55.8 Å². The van der Waals surface area contributed by atoms with Crippen molar-refractivity contribution in [3.05, 3.63) is 35.1 Å². The first kappa shape index (κ1) is 19.3. The molecule has 0 spiro atoms. The van der Waals surface area contributed by atoms with Gasteiger partial charge in [0.1, 0.15) is 5.82 Å². The molecule has 126 valence electrons. The van der Waals surface area contributed by atoms with Gasteiger partial charge < -0.3 is 14.6 Å². The molecular formula is C18H23FO4. The van der Waals surface area contributed by atoms with Gasteiger partial charge in [0.05, 0.1) is 11.7 Å². The first-order valence-corrected chi connectivity index (χ1v) is 7.44. The molecule has 0 saturated heterocycles. The van der Waals surface area contributed by atoms with E-state index in [2.05, 4.69) is 16.6 Å². The SMILES string of the molecule is COC.COC1CCCCC1(O)C#Cc1ccc(C=O)c(F)c1. The Morgan fingerprint density at radius 3 is 2.61 bits per heavy atom. The number of hydrogen-bond donors (Lipinski definition) is 1. The van der Waals surface area contributed by atoms with Crippen LogP contribution >= 0.6 is 0 Å². The van der Waals surface area contributed by atoms with E-state index in [1.165, 1.54) is 12.1 Å². The van der Waals surface area contributed by atoms with Crippen molar-refractivity contribution in [1.82, 2.24) is 0 Å². The molecule has 0 bridgehead atoms. The van der Waals surface area contributed by atoms with Crippen LogP contribution in [0.25, 0.3) is 0 Å². The Morgan fingerprint density at radius 2 is 2.04 bits per heavy atom. The minimum atomic E-state index is -1.19. The predicted molar refractivity (Wildman–Crippen MR) is 85.8 cm³/mol. The van der Waals surface area contributed by atoms with Gasteiger partial charge in [-0.15, -0.1) is 0 Å². The third-order valence-corrected chi connectivity index (χ3v) is 3.64. The molecule has 4 nitrogen and oxygen atoms in total. The molecule has 1 saturated carbocycles. The second-order valence-corrected chi connectivity index (χ2v) is 5.41. The largest absolute Gasteiger partial charge is 0.388 e. The lowest BCUT2D eigenvalue weighted by molar-refractivity contribution is -0.0795. The molecule has 2 atom stereocenters. The molecular weight excluding hydrogens is 299 g/mol. The zero-order chi connectivity index (χ0) is 17.3. The lowest BCUT2D eigenvalue weighted by Crippen LogP contribution is -2.44. The summed E-state index contributed by atoms with van der Waals surface area (Å²) in [5, 5.41) is 10.5. The van der Waals surface area contributed by atoms with Crippen molar-refractivity contribution in [2.75, 3.05) is 21.3 Å². The summed E-state index contributed by atoms with van der Waals surface area (Å²) in [5.74, 6) is 4.98. The number of rotatable bonds is 2. The van der Waals surface area contributed by atoms with Gasteiger partial charge in [0, 0.05) is 26.9 Å². The summed E-state index contributed by atoms with van der Waals surface area (Å²) < 4.78 is 23.0. The Hall–Kier alpha value is -1.74. The Kier molecular flexibility index (Phi) is 7.90. The van der Waals surface area contributed by atoms with E-state index >= 15 is 0 Å². The van der Waals surface area contributed by atoms with Gasteiger partial charge in [-0.25, -0.2) is 4.39 Å². The maximum Gasteiger partial charge on any atom is 0.152 e. The van der Waals surface area contributed by atoms with E-state index in [0.29, 0.717) is 18.3 Å². The predicted octanol–water partition coefficient (Wildman–Crippen LogP) is 2.57. The van der Waals surface area contributed by atoms with Crippen molar-refractivity contribution in [2.45, 2.75) is 37.4 Å². The van der Waals surface area contributed by atoms with Gasteiger partial charge in [-0.3, -0.25) is 4.79 Å². The van der Waals surface area contributed by atoms with Crippen molar-refractivity contribution < 1.29 is 23.8 Å². The molecule has 5 heteroatoms. The highest BCUT2D eigenvalue weighted by atomic mass is 19.1. The van der Waals surface area contributed by atoms with Gasteiger partial charge in [0.15, 0.2) is 11.9 Å². The molecule has 1 fully saturated rings. The van der Waals surface area contributed by atoms with Gasteiger partial charge in [0.25, 0.3) is 0 Å². The minimum Gasteiger partial charge on any atom is -0.388 e. The highest BCUT2D eigenvalue weighted by molar-refractivity contribution is 5.75. The zero-order valence-corrected chi connectivity index (χ0v) is 13.8. The number of ether oxygens (including phenoxy) is 2. The van der Waals surface area contributed by atoms with Crippen molar-refractivity contribution in [2.24, 2.45) is 0 Å². The smallest absolute Gasteiger partial charge is 0.152 e. The molecule has 2 rings (SSSR count). The molecule has 0 heterocycles. The van der Waals surface area contributed by atoms with Crippen LogP contribution in [0.2, 0.25) is 0 Å². The number of carbonyl (C=O) groups excluding carboxylic acids is 1. The molecule has 0 amide bonds. The van der Waals surface area contributed by atoms with E-state index in [0.717, 1.165) is 19.3 Å². The quantitative estimate of drug-likeness (QED) is 0.672. The van der Waals surface area contributed by atoms with Crippen LogP contribution < -0.4 is 0 Å². The van der Waals surface area contributed by atoms with Gasteiger partial charge >= 0.3 is 0 Å². The van der Waals surface area contributed by atoms with Crippen LogP contribution in [0.15, 0.2) is 18.2 Å². The molecule has 1 N–H and O–H groups in total. The Balaban J connectivity index is 0.000000816. The van der Waals surface area contributed by atoms with Gasteiger partial charge in [-0.1, -0.05) is 18.3 Å². The zero-order valence-electron chi connectivity index (χ0n) is 13.8. The van der Waals surface area contributed by atoms with Crippen molar-refractivity contribution in [1.29, 1.82) is 0 Å². The second kappa shape index (κ2) is 9.41. The van der Waals surface area contributed by atoms with Gasteiger partial charge in [-0.05, 0) is 37.5 Å². The van der Waals surface area contributed by atoms with Crippen LogP contribution in [0.1, 0.15) is 41.6 Å². The van der Waals surface area contributed by atoms with Crippen LogP contribution in [0.3, 0.4) is 0 Å². The van der Waals surface area contributed by atoms with Crippen LogP contribution in [0.4, 0.5) is 4.39 Å². The fourth-order valence-corrected chi connectivity index (χ4v) is 2.46. The molecule has 0 aliphatic heterocycles. The van der Waals surface area contributed by atoms with Crippen LogP contribution in [-0.2, 0) is 9.47 Å². The highest BCUT2D eigenvalue weighted by Crippen LogP contribution is 2.30. The van der Waals surface area contributed by atoms with E-state index < -0.39 is 11.4 Å². The first-order chi connectivity index (χ1) is 11.0. The number of carbonyl (C=O) groups is 1. The lowest BCUT2D eigenvalue weighted by Gasteiger charge is -2.34. The minimum absolute atomic E-state index is 0.00157.